The highest BCUT2D eigenvalue weighted by molar-refractivity contribution is 5.83. The first-order valence-corrected chi connectivity index (χ1v) is 6.56. The van der Waals surface area contributed by atoms with Gasteiger partial charge in [-0.25, -0.2) is 4.79 Å². The normalized spacial score (nSPS) is 24.6. The molecule has 0 saturated carbocycles. The lowest BCUT2D eigenvalue weighted by atomic mass is 10.2. The molecule has 0 aromatic heterocycles. The summed E-state index contributed by atoms with van der Waals surface area (Å²) in [7, 11) is 0. The fraction of sp³-hybridized carbons (Fsp3) is 0.333. The molecule has 2 aliphatic rings. The minimum Gasteiger partial charge on any atom is -0.458 e. The van der Waals surface area contributed by atoms with E-state index in [4.69, 9.17) is 9.47 Å². The van der Waals surface area contributed by atoms with Gasteiger partial charge in [-0.05, 0) is 11.6 Å². The van der Waals surface area contributed by atoms with Crippen LogP contribution in [0.5, 0.6) is 0 Å². The standard InChI is InChI=1S/C15H15NO4/c17-13-8-14-16(13)9-12(20-14)6-7-15(18)19-10-11-4-2-1-3-5-11/h1-7,12,14H,8-10H2/t12-,14+/m1/s1. The van der Waals surface area contributed by atoms with E-state index in [1.807, 2.05) is 30.3 Å². The van der Waals surface area contributed by atoms with Crippen molar-refractivity contribution in [3.8, 4) is 0 Å². The van der Waals surface area contributed by atoms with Crippen LogP contribution in [0.1, 0.15) is 12.0 Å². The van der Waals surface area contributed by atoms with Crippen molar-refractivity contribution in [2.45, 2.75) is 25.4 Å². The van der Waals surface area contributed by atoms with Gasteiger partial charge in [0.15, 0.2) is 0 Å². The van der Waals surface area contributed by atoms with E-state index in [-0.39, 0.29) is 24.8 Å². The Morgan fingerprint density at radius 2 is 2.20 bits per heavy atom. The average molecular weight is 273 g/mol. The molecule has 2 heterocycles. The summed E-state index contributed by atoms with van der Waals surface area (Å²) in [4.78, 5) is 24.4. The number of benzene rings is 1. The van der Waals surface area contributed by atoms with Gasteiger partial charge in [0, 0.05) is 6.08 Å². The molecule has 104 valence electrons. The van der Waals surface area contributed by atoms with Gasteiger partial charge in [-0.2, -0.15) is 0 Å². The second-order valence-electron chi connectivity index (χ2n) is 4.83. The molecule has 1 aromatic carbocycles. The second-order valence-corrected chi connectivity index (χ2v) is 4.83. The Morgan fingerprint density at radius 1 is 1.40 bits per heavy atom. The number of hydrogen-bond donors (Lipinski definition) is 0. The third kappa shape index (κ3) is 2.72. The molecular formula is C15H15NO4. The number of amides is 1. The maximum absolute atomic E-state index is 11.6. The van der Waals surface area contributed by atoms with Crippen LogP contribution in [0.25, 0.3) is 0 Å². The second kappa shape index (κ2) is 5.46. The summed E-state index contributed by atoms with van der Waals surface area (Å²) in [6.07, 6.45) is 3.15. The molecule has 0 N–H and O–H groups in total. The number of rotatable bonds is 4. The highest BCUT2D eigenvalue weighted by Crippen LogP contribution is 2.28. The van der Waals surface area contributed by atoms with E-state index in [1.54, 1.807) is 11.0 Å². The van der Waals surface area contributed by atoms with Crippen molar-refractivity contribution in [3.05, 3.63) is 48.0 Å². The molecule has 2 fully saturated rings. The van der Waals surface area contributed by atoms with Gasteiger partial charge in [0.1, 0.15) is 12.8 Å². The Hall–Kier alpha value is -2.14. The zero-order valence-electron chi connectivity index (χ0n) is 10.9. The van der Waals surface area contributed by atoms with Gasteiger partial charge >= 0.3 is 5.97 Å². The van der Waals surface area contributed by atoms with Crippen molar-refractivity contribution < 1.29 is 19.1 Å². The van der Waals surface area contributed by atoms with Gasteiger partial charge < -0.3 is 14.4 Å². The number of carbonyl (C=O) groups excluding carboxylic acids is 2. The number of fused-ring (bicyclic) bond motifs is 1. The fourth-order valence-corrected chi connectivity index (χ4v) is 2.27. The quantitative estimate of drug-likeness (QED) is 0.470. The highest BCUT2D eigenvalue weighted by atomic mass is 16.5. The average Bonchev–Trinajstić information content (AvgIpc) is 2.81. The smallest absolute Gasteiger partial charge is 0.330 e. The van der Waals surface area contributed by atoms with Crippen LogP contribution in [0.4, 0.5) is 0 Å². The Bertz CT molecular complexity index is 540. The molecule has 0 bridgehead atoms. The molecule has 2 saturated heterocycles. The van der Waals surface area contributed by atoms with Gasteiger partial charge in [-0.15, -0.1) is 0 Å². The van der Waals surface area contributed by atoms with E-state index in [2.05, 4.69) is 0 Å². The third-order valence-corrected chi connectivity index (χ3v) is 3.40. The van der Waals surface area contributed by atoms with E-state index < -0.39 is 5.97 Å². The van der Waals surface area contributed by atoms with E-state index in [0.29, 0.717) is 13.0 Å². The SMILES string of the molecule is O=C(C=C[C@@H]1CN2C(=O)C[C@@H]2O1)OCc1ccccc1. The summed E-state index contributed by atoms with van der Waals surface area (Å²) in [6, 6.07) is 9.49. The molecular weight excluding hydrogens is 258 g/mol. The Kier molecular flexibility index (Phi) is 3.52. The molecule has 1 aromatic rings. The van der Waals surface area contributed by atoms with Crippen molar-refractivity contribution in [1.29, 1.82) is 0 Å². The summed E-state index contributed by atoms with van der Waals surface area (Å²) in [5, 5.41) is 0. The van der Waals surface area contributed by atoms with Crippen LogP contribution < -0.4 is 0 Å². The first kappa shape index (κ1) is 12.9. The van der Waals surface area contributed by atoms with Gasteiger partial charge in [0.05, 0.1) is 19.1 Å². The number of carbonyl (C=O) groups is 2. The van der Waals surface area contributed by atoms with E-state index in [0.717, 1.165) is 5.56 Å². The molecule has 0 aliphatic carbocycles. The molecule has 1 amide bonds. The number of ether oxygens (including phenoxy) is 2. The van der Waals surface area contributed by atoms with Crippen molar-refractivity contribution >= 4 is 11.9 Å². The minimum atomic E-state index is -0.405. The lowest BCUT2D eigenvalue weighted by Crippen LogP contribution is -2.48. The van der Waals surface area contributed by atoms with Gasteiger partial charge in [-0.1, -0.05) is 30.3 Å². The Balaban J connectivity index is 1.45. The van der Waals surface area contributed by atoms with Crippen molar-refractivity contribution in [2.75, 3.05) is 6.54 Å². The van der Waals surface area contributed by atoms with E-state index in [1.165, 1.54) is 6.08 Å². The molecule has 3 rings (SSSR count). The molecule has 5 nitrogen and oxygen atoms in total. The molecule has 2 atom stereocenters. The molecule has 0 unspecified atom stereocenters. The number of hydrogen-bond acceptors (Lipinski definition) is 4. The molecule has 0 radical (unpaired) electrons. The van der Waals surface area contributed by atoms with Gasteiger partial charge in [-0.3, -0.25) is 4.79 Å². The Labute approximate surface area is 116 Å². The highest BCUT2D eigenvalue weighted by Gasteiger charge is 2.44. The van der Waals surface area contributed by atoms with Crippen LogP contribution in [0, 0.1) is 0 Å². The topological polar surface area (TPSA) is 55.8 Å². The number of nitrogens with zero attached hydrogens (tertiary/aromatic N) is 1. The van der Waals surface area contributed by atoms with Crippen molar-refractivity contribution in [1.82, 2.24) is 4.90 Å². The zero-order valence-corrected chi connectivity index (χ0v) is 10.9. The number of esters is 1. The summed E-state index contributed by atoms with van der Waals surface area (Å²) in [5.74, 6) is -0.296. The summed E-state index contributed by atoms with van der Waals surface area (Å²) in [5.41, 5.74) is 0.945. The van der Waals surface area contributed by atoms with Crippen LogP contribution in [0.3, 0.4) is 0 Å². The lowest BCUT2D eigenvalue weighted by Gasteiger charge is -2.31. The first-order chi connectivity index (χ1) is 9.72. The third-order valence-electron chi connectivity index (χ3n) is 3.40. The van der Waals surface area contributed by atoms with Crippen LogP contribution in [0.15, 0.2) is 42.5 Å². The largest absolute Gasteiger partial charge is 0.458 e. The van der Waals surface area contributed by atoms with E-state index >= 15 is 0 Å². The van der Waals surface area contributed by atoms with Crippen LogP contribution in [0.2, 0.25) is 0 Å². The summed E-state index contributed by atoms with van der Waals surface area (Å²) < 4.78 is 10.7. The van der Waals surface area contributed by atoms with Crippen molar-refractivity contribution in [2.24, 2.45) is 0 Å². The summed E-state index contributed by atoms with van der Waals surface area (Å²) >= 11 is 0. The van der Waals surface area contributed by atoms with Crippen LogP contribution >= 0.6 is 0 Å². The Morgan fingerprint density at radius 3 is 2.90 bits per heavy atom. The van der Waals surface area contributed by atoms with Crippen LogP contribution in [-0.4, -0.2) is 35.7 Å². The number of β-lactam (4-membered cyclic amide) rings is 1. The predicted octanol–water partition coefficient (Wildman–Crippen LogP) is 1.24. The minimum absolute atomic E-state index is 0.0995. The first-order valence-electron chi connectivity index (χ1n) is 6.56. The molecule has 5 heteroatoms. The lowest BCUT2D eigenvalue weighted by molar-refractivity contribution is -0.155. The molecule has 20 heavy (non-hydrogen) atoms. The van der Waals surface area contributed by atoms with Gasteiger partial charge in [0.25, 0.3) is 0 Å². The van der Waals surface area contributed by atoms with Crippen LogP contribution in [-0.2, 0) is 25.7 Å². The maximum Gasteiger partial charge on any atom is 0.330 e. The maximum atomic E-state index is 11.6. The predicted molar refractivity (Wildman–Crippen MR) is 70.4 cm³/mol. The zero-order chi connectivity index (χ0) is 13.9. The molecule has 2 aliphatic heterocycles. The van der Waals surface area contributed by atoms with Crippen molar-refractivity contribution in [3.63, 3.8) is 0 Å². The molecule has 0 spiro atoms. The summed E-state index contributed by atoms with van der Waals surface area (Å²) in [6.45, 7) is 0.773. The van der Waals surface area contributed by atoms with Gasteiger partial charge in [0.2, 0.25) is 5.91 Å². The van der Waals surface area contributed by atoms with E-state index in [9.17, 15) is 9.59 Å². The monoisotopic (exact) mass is 273 g/mol. The fourth-order valence-electron chi connectivity index (χ4n) is 2.27.